The average Bonchev–Trinajstić information content (AvgIpc) is 2.90. The minimum absolute atomic E-state index is 0.0265. The molecule has 0 aliphatic carbocycles. The molecule has 0 bridgehead atoms. The Morgan fingerprint density at radius 3 is 1.97 bits per heavy atom. The Morgan fingerprint density at radius 1 is 0.857 bits per heavy atom. The third kappa shape index (κ3) is 5.36. The van der Waals surface area contributed by atoms with Gasteiger partial charge < -0.3 is 10.2 Å². The van der Waals surface area contributed by atoms with Crippen LogP contribution in [-0.2, 0) is 4.79 Å². The van der Waals surface area contributed by atoms with E-state index in [0.29, 0.717) is 26.2 Å². The van der Waals surface area contributed by atoms with Crippen LogP contribution in [0.5, 0.6) is 0 Å². The maximum absolute atomic E-state index is 13.9. The van der Waals surface area contributed by atoms with Gasteiger partial charge in [0.05, 0.1) is 11.7 Å². The van der Waals surface area contributed by atoms with E-state index in [0.717, 1.165) is 29.5 Å². The molecule has 1 N–H and O–H groups in total. The molecular weight excluding hydrogens is 453 g/mol. The van der Waals surface area contributed by atoms with E-state index < -0.39 is 23.4 Å². The minimum atomic E-state index is -1.63. The van der Waals surface area contributed by atoms with Gasteiger partial charge in [-0.1, -0.05) is 60.7 Å². The lowest BCUT2D eigenvalue weighted by Gasteiger charge is -2.39. The van der Waals surface area contributed by atoms with Crippen LogP contribution in [0.1, 0.15) is 17.2 Å². The van der Waals surface area contributed by atoms with Crippen LogP contribution in [0.4, 0.5) is 18.9 Å². The van der Waals surface area contributed by atoms with Crippen molar-refractivity contribution >= 4 is 11.6 Å². The molecule has 35 heavy (non-hydrogen) atoms. The zero-order chi connectivity index (χ0) is 24.8. The van der Waals surface area contributed by atoms with Crippen molar-refractivity contribution in [2.24, 2.45) is 0 Å². The third-order valence-electron chi connectivity index (χ3n) is 5.96. The van der Waals surface area contributed by atoms with Gasteiger partial charge in [0.2, 0.25) is 0 Å². The molecule has 5 nitrogen and oxygen atoms in total. The molecule has 0 spiro atoms. The molecule has 178 valence electrons. The molecular formula is C27H23F3N4O. The van der Waals surface area contributed by atoms with Gasteiger partial charge in [0.25, 0.3) is 5.91 Å². The monoisotopic (exact) mass is 476 g/mol. The van der Waals surface area contributed by atoms with Gasteiger partial charge in [-0.15, -0.1) is 0 Å². The van der Waals surface area contributed by atoms with E-state index in [1.165, 1.54) is 0 Å². The molecule has 1 heterocycles. The fraction of sp³-hybridized carbons (Fsp3) is 0.185. The van der Waals surface area contributed by atoms with Gasteiger partial charge in [-0.05, 0) is 23.3 Å². The first-order valence-electron chi connectivity index (χ1n) is 11.1. The number of carbonyl (C=O) groups excluding carboxylic acids is 1. The molecule has 0 aromatic heterocycles. The van der Waals surface area contributed by atoms with Crippen LogP contribution in [0.2, 0.25) is 0 Å². The van der Waals surface area contributed by atoms with Crippen molar-refractivity contribution in [3.05, 3.63) is 113 Å². The molecule has 1 aliphatic rings. The summed E-state index contributed by atoms with van der Waals surface area (Å²) in [7, 11) is 0. The minimum Gasteiger partial charge on any atom is -0.358 e. The summed E-state index contributed by atoms with van der Waals surface area (Å²) in [5.74, 6) is -4.89. The fourth-order valence-electron chi connectivity index (χ4n) is 4.17. The number of piperazine rings is 1. The summed E-state index contributed by atoms with van der Waals surface area (Å²) in [6, 6.07) is 23.8. The number of hydrogen-bond acceptors (Lipinski definition) is 4. The Labute approximate surface area is 201 Å². The van der Waals surface area contributed by atoms with Crippen molar-refractivity contribution < 1.29 is 18.0 Å². The molecule has 4 rings (SSSR count). The number of hydrogen-bond donors (Lipinski definition) is 1. The molecule has 0 atom stereocenters. The number of nitriles is 1. The van der Waals surface area contributed by atoms with E-state index in [1.54, 1.807) is 11.0 Å². The van der Waals surface area contributed by atoms with Crippen LogP contribution in [0.15, 0.2) is 84.6 Å². The predicted molar refractivity (Wildman–Crippen MR) is 127 cm³/mol. The van der Waals surface area contributed by atoms with Crippen molar-refractivity contribution in [2.75, 3.05) is 31.5 Å². The summed E-state index contributed by atoms with van der Waals surface area (Å²) in [5, 5.41) is 11.9. The number of nitrogens with one attached hydrogen (secondary N) is 1. The summed E-state index contributed by atoms with van der Waals surface area (Å²) in [4.78, 5) is 16.8. The van der Waals surface area contributed by atoms with Crippen molar-refractivity contribution in [3.63, 3.8) is 0 Å². The summed E-state index contributed by atoms with van der Waals surface area (Å²) in [6.45, 7) is 1.97. The van der Waals surface area contributed by atoms with Crippen molar-refractivity contribution in [2.45, 2.75) is 6.04 Å². The smallest absolute Gasteiger partial charge is 0.266 e. The summed E-state index contributed by atoms with van der Waals surface area (Å²) in [5.41, 5.74) is 1.66. The van der Waals surface area contributed by atoms with E-state index in [2.05, 4.69) is 34.5 Å². The Morgan fingerprint density at radius 2 is 1.43 bits per heavy atom. The Bertz CT molecular complexity index is 1210. The van der Waals surface area contributed by atoms with Gasteiger partial charge in [0.15, 0.2) is 17.5 Å². The average molecular weight is 477 g/mol. The van der Waals surface area contributed by atoms with Crippen molar-refractivity contribution in [3.8, 4) is 6.07 Å². The molecule has 1 aliphatic heterocycles. The van der Waals surface area contributed by atoms with Gasteiger partial charge in [0, 0.05) is 32.4 Å². The first-order chi connectivity index (χ1) is 17.0. The quantitative estimate of drug-likeness (QED) is 0.314. The zero-order valence-corrected chi connectivity index (χ0v) is 18.8. The first-order valence-corrected chi connectivity index (χ1v) is 11.1. The van der Waals surface area contributed by atoms with Crippen LogP contribution in [0.25, 0.3) is 0 Å². The van der Waals surface area contributed by atoms with Crippen LogP contribution < -0.4 is 5.32 Å². The molecule has 0 radical (unpaired) electrons. The Kier molecular flexibility index (Phi) is 7.48. The van der Waals surface area contributed by atoms with Gasteiger partial charge in [-0.2, -0.15) is 5.26 Å². The maximum atomic E-state index is 13.9. The second-order valence-electron chi connectivity index (χ2n) is 8.09. The molecule has 3 aromatic rings. The van der Waals surface area contributed by atoms with E-state index in [1.807, 2.05) is 36.4 Å². The molecule has 3 aromatic carbocycles. The number of halogens is 3. The summed E-state index contributed by atoms with van der Waals surface area (Å²) in [6.07, 6.45) is 1.02. The van der Waals surface area contributed by atoms with Crippen LogP contribution in [0.3, 0.4) is 0 Å². The number of rotatable bonds is 6. The second kappa shape index (κ2) is 10.9. The van der Waals surface area contributed by atoms with Crippen LogP contribution >= 0.6 is 0 Å². The number of anilines is 1. The largest absolute Gasteiger partial charge is 0.358 e. The van der Waals surface area contributed by atoms with Gasteiger partial charge in [-0.3, -0.25) is 9.69 Å². The highest BCUT2D eigenvalue weighted by atomic mass is 19.2. The zero-order valence-electron chi connectivity index (χ0n) is 18.8. The molecule has 0 saturated carbocycles. The molecule has 1 saturated heterocycles. The Hall–Kier alpha value is -4.09. The number of benzene rings is 3. The van der Waals surface area contributed by atoms with Crippen molar-refractivity contribution in [1.82, 2.24) is 9.80 Å². The highest BCUT2D eigenvalue weighted by molar-refractivity contribution is 5.97. The summed E-state index contributed by atoms with van der Waals surface area (Å²) < 4.78 is 40.4. The lowest BCUT2D eigenvalue weighted by Crippen LogP contribution is -2.50. The third-order valence-corrected chi connectivity index (χ3v) is 5.96. The second-order valence-corrected chi connectivity index (χ2v) is 8.09. The van der Waals surface area contributed by atoms with Gasteiger partial charge >= 0.3 is 0 Å². The van der Waals surface area contributed by atoms with Crippen molar-refractivity contribution in [1.29, 1.82) is 5.26 Å². The Balaban J connectivity index is 1.46. The predicted octanol–water partition coefficient (Wildman–Crippen LogP) is 4.86. The van der Waals surface area contributed by atoms with Crippen LogP contribution in [0, 0.1) is 28.8 Å². The summed E-state index contributed by atoms with van der Waals surface area (Å²) >= 11 is 0. The molecule has 1 fully saturated rings. The number of carbonyl (C=O) groups is 1. The highest BCUT2D eigenvalue weighted by Crippen LogP contribution is 2.29. The van der Waals surface area contributed by atoms with Gasteiger partial charge in [0.1, 0.15) is 11.6 Å². The molecule has 8 heteroatoms. The molecule has 0 unspecified atom stereocenters. The van der Waals surface area contributed by atoms with Crippen LogP contribution in [-0.4, -0.2) is 41.9 Å². The van der Waals surface area contributed by atoms with E-state index in [4.69, 9.17) is 0 Å². The van der Waals surface area contributed by atoms with Gasteiger partial charge in [-0.25, -0.2) is 13.2 Å². The SMILES string of the molecule is N#C/C(=C/Nc1ccc(F)c(F)c1F)C(=O)N1CCN(C(c2ccccc2)c2ccccc2)CC1. The first kappa shape index (κ1) is 24.0. The fourth-order valence-corrected chi connectivity index (χ4v) is 4.17. The normalized spacial score (nSPS) is 14.6. The number of amides is 1. The van der Waals surface area contributed by atoms with E-state index >= 15 is 0 Å². The van der Waals surface area contributed by atoms with E-state index in [9.17, 15) is 23.2 Å². The topological polar surface area (TPSA) is 59.4 Å². The molecule has 1 amide bonds. The lowest BCUT2D eigenvalue weighted by atomic mass is 9.96. The number of nitrogens with zero attached hydrogens (tertiary/aromatic N) is 3. The lowest BCUT2D eigenvalue weighted by molar-refractivity contribution is -0.128. The maximum Gasteiger partial charge on any atom is 0.266 e. The highest BCUT2D eigenvalue weighted by Gasteiger charge is 2.29. The standard InChI is InChI=1S/C27H23F3N4O/c28-22-11-12-23(25(30)24(22)29)32-18-21(17-31)27(35)34-15-13-33(14-16-34)26(19-7-3-1-4-8-19)20-9-5-2-6-10-20/h1-12,18,26,32H,13-16H2/b21-18-. The van der Waals surface area contributed by atoms with E-state index in [-0.39, 0.29) is 17.3 Å².